The van der Waals surface area contributed by atoms with Crippen molar-refractivity contribution >= 4 is 39.1 Å². The minimum Gasteiger partial charge on any atom is -0.322 e. The molecule has 0 aliphatic heterocycles. The third-order valence-corrected chi connectivity index (χ3v) is 4.05. The monoisotopic (exact) mass is 418 g/mol. The molecular formula is C17H12BrClN4O2. The number of hydrogen-bond donors (Lipinski definition) is 2. The van der Waals surface area contributed by atoms with Crippen LogP contribution in [0.5, 0.6) is 0 Å². The van der Waals surface area contributed by atoms with Crippen molar-refractivity contribution in [2.75, 3.05) is 5.32 Å². The number of aromatic nitrogens is 3. The lowest BCUT2D eigenvalue weighted by Crippen LogP contribution is -2.13. The SMILES string of the molecule is Cc1cc(=O)[nH]c(-c2cccc(NC(=O)c3cc(Br)cnc3Cl)c2)n1. The Labute approximate surface area is 156 Å². The Hall–Kier alpha value is -2.51. The highest BCUT2D eigenvalue weighted by molar-refractivity contribution is 9.10. The van der Waals surface area contributed by atoms with Gasteiger partial charge in [0.1, 0.15) is 11.0 Å². The predicted octanol–water partition coefficient (Wildman–Crippen LogP) is 3.81. The van der Waals surface area contributed by atoms with Crippen LogP contribution in [0.2, 0.25) is 5.15 Å². The lowest BCUT2D eigenvalue weighted by molar-refractivity contribution is 0.102. The number of halogens is 2. The van der Waals surface area contributed by atoms with Gasteiger partial charge in [0.05, 0.1) is 5.56 Å². The van der Waals surface area contributed by atoms with Crippen LogP contribution in [0.25, 0.3) is 11.4 Å². The first kappa shape index (κ1) is 17.3. The number of anilines is 1. The van der Waals surface area contributed by atoms with Gasteiger partial charge in [-0.25, -0.2) is 9.97 Å². The average molecular weight is 420 g/mol. The Morgan fingerprint density at radius 1 is 1.28 bits per heavy atom. The first-order valence-electron chi connectivity index (χ1n) is 7.23. The van der Waals surface area contributed by atoms with Crippen LogP contribution in [-0.2, 0) is 0 Å². The Kier molecular flexibility index (Phi) is 4.96. The summed E-state index contributed by atoms with van der Waals surface area (Å²) in [5.41, 5.74) is 1.85. The molecule has 8 heteroatoms. The van der Waals surface area contributed by atoms with Crippen LogP contribution < -0.4 is 10.9 Å². The highest BCUT2D eigenvalue weighted by Gasteiger charge is 2.13. The van der Waals surface area contributed by atoms with E-state index in [1.807, 2.05) is 0 Å². The lowest BCUT2D eigenvalue weighted by Gasteiger charge is -2.08. The van der Waals surface area contributed by atoms with Crippen molar-refractivity contribution < 1.29 is 4.79 Å². The fraction of sp³-hybridized carbons (Fsp3) is 0.0588. The molecule has 126 valence electrons. The second-order valence-corrected chi connectivity index (χ2v) is 6.54. The average Bonchev–Trinajstić information content (AvgIpc) is 2.56. The zero-order chi connectivity index (χ0) is 18.0. The van der Waals surface area contributed by atoms with Gasteiger partial charge in [-0.3, -0.25) is 9.59 Å². The van der Waals surface area contributed by atoms with Gasteiger partial charge in [-0.05, 0) is 41.1 Å². The largest absolute Gasteiger partial charge is 0.322 e. The maximum Gasteiger partial charge on any atom is 0.258 e. The predicted molar refractivity (Wildman–Crippen MR) is 99.9 cm³/mol. The van der Waals surface area contributed by atoms with Crippen LogP contribution in [0.1, 0.15) is 16.1 Å². The zero-order valence-corrected chi connectivity index (χ0v) is 15.4. The van der Waals surface area contributed by atoms with E-state index >= 15 is 0 Å². The quantitative estimate of drug-likeness (QED) is 0.632. The van der Waals surface area contributed by atoms with Crippen LogP contribution >= 0.6 is 27.5 Å². The van der Waals surface area contributed by atoms with E-state index in [2.05, 4.69) is 36.2 Å². The summed E-state index contributed by atoms with van der Waals surface area (Å²) in [5, 5.41) is 2.87. The molecule has 3 aromatic rings. The molecule has 0 aliphatic rings. The summed E-state index contributed by atoms with van der Waals surface area (Å²) in [7, 11) is 0. The van der Waals surface area contributed by atoms with Crippen molar-refractivity contribution in [2.45, 2.75) is 6.92 Å². The molecule has 1 aromatic carbocycles. The van der Waals surface area contributed by atoms with E-state index in [0.29, 0.717) is 27.2 Å². The number of carbonyl (C=O) groups excluding carboxylic acids is 1. The number of rotatable bonds is 3. The number of nitrogens with zero attached hydrogens (tertiary/aromatic N) is 2. The van der Waals surface area contributed by atoms with Crippen LogP contribution in [0.15, 0.2) is 51.9 Å². The summed E-state index contributed by atoms with van der Waals surface area (Å²) in [6.45, 7) is 1.74. The zero-order valence-electron chi connectivity index (χ0n) is 13.0. The van der Waals surface area contributed by atoms with Crippen molar-refractivity contribution in [3.63, 3.8) is 0 Å². The third-order valence-electron chi connectivity index (χ3n) is 3.31. The second kappa shape index (κ2) is 7.16. The molecule has 2 heterocycles. The van der Waals surface area contributed by atoms with Gasteiger partial charge < -0.3 is 10.3 Å². The first-order valence-corrected chi connectivity index (χ1v) is 8.40. The summed E-state index contributed by atoms with van der Waals surface area (Å²) in [5.74, 6) is 0.0462. The number of nitrogens with one attached hydrogen (secondary N) is 2. The van der Waals surface area contributed by atoms with Crippen molar-refractivity contribution in [3.05, 3.63) is 73.8 Å². The van der Waals surface area contributed by atoms with E-state index in [1.165, 1.54) is 12.3 Å². The van der Waals surface area contributed by atoms with E-state index < -0.39 is 0 Å². The summed E-state index contributed by atoms with van der Waals surface area (Å²) in [6, 6.07) is 10.0. The van der Waals surface area contributed by atoms with Gasteiger partial charge in [0, 0.05) is 33.7 Å². The Balaban J connectivity index is 1.90. The molecule has 2 aromatic heterocycles. The molecule has 6 nitrogen and oxygen atoms in total. The smallest absolute Gasteiger partial charge is 0.258 e. The van der Waals surface area contributed by atoms with Gasteiger partial charge in [0.2, 0.25) is 0 Å². The minimum atomic E-state index is -0.387. The van der Waals surface area contributed by atoms with Crippen molar-refractivity contribution in [2.24, 2.45) is 0 Å². The minimum absolute atomic E-state index is 0.113. The van der Waals surface area contributed by atoms with Gasteiger partial charge in [0.25, 0.3) is 11.5 Å². The van der Waals surface area contributed by atoms with Crippen LogP contribution in [-0.4, -0.2) is 20.9 Å². The molecule has 0 atom stereocenters. The van der Waals surface area contributed by atoms with Crippen LogP contribution in [0, 0.1) is 6.92 Å². The number of carbonyl (C=O) groups is 1. The molecule has 0 saturated carbocycles. The Bertz CT molecular complexity index is 1020. The van der Waals surface area contributed by atoms with Crippen molar-refractivity contribution in [3.8, 4) is 11.4 Å². The molecule has 2 N–H and O–H groups in total. The van der Waals surface area contributed by atoms with Gasteiger partial charge in [-0.1, -0.05) is 23.7 Å². The number of aryl methyl sites for hydroxylation is 1. The van der Waals surface area contributed by atoms with Gasteiger partial charge in [0.15, 0.2) is 0 Å². The fourth-order valence-corrected chi connectivity index (χ4v) is 2.76. The molecule has 25 heavy (non-hydrogen) atoms. The first-order chi connectivity index (χ1) is 11.9. The molecule has 0 bridgehead atoms. The number of benzene rings is 1. The van der Waals surface area contributed by atoms with Crippen molar-refractivity contribution in [1.29, 1.82) is 0 Å². The summed E-state index contributed by atoms with van der Waals surface area (Å²) in [4.78, 5) is 34.9. The number of aromatic amines is 1. The maximum atomic E-state index is 12.4. The van der Waals surface area contributed by atoms with E-state index in [9.17, 15) is 9.59 Å². The van der Waals surface area contributed by atoms with E-state index in [4.69, 9.17) is 11.6 Å². The molecular weight excluding hydrogens is 408 g/mol. The summed E-state index contributed by atoms with van der Waals surface area (Å²) in [6.07, 6.45) is 1.51. The maximum absolute atomic E-state index is 12.4. The molecule has 0 aliphatic carbocycles. The fourth-order valence-electron chi connectivity index (χ4n) is 2.24. The number of pyridine rings is 1. The molecule has 0 radical (unpaired) electrons. The standard InChI is InChI=1S/C17H12BrClN4O2/c1-9-5-14(24)23-16(21-9)10-3-2-4-12(6-10)22-17(25)13-7-11(18)8-20-15(13)19/h2-8H,1H3,(H,22,25)(H,21,23,24). The third kappa shape index (κ3) is 4.12. The van der Waals surface area contributed by atoms with E-state index in [1.54, 1.807) is 37.3 Å². The topological polar surface area (TPSA) is 87.7 Å². The molecule has 0 unspecified atom stereocenters. The molecule has 3 rings (SSSR count). The number of hydrogen-bond acceptors (Lipinski definition) is 4. The van der Waals surface area contributed by atoms with E-state index in [0.717, 1.165) is 0 Å². The van der Waals surface area contributed by atoms with E-state index in [-0.39, 0.29) is 22.2 Å². The Morgan fingerprint density at radius 2 is 2.08 bits per heavy atom. The molecule has 0 saturated heterocycles. The van der Waals surface area contributed by atoms with Crippen molar-refractivity contribution in [1.82, 2.24) is 15.0 Å². The highest BCUT2D eigenvalue weighted by atomic mass is 79.9. The van der Waals surface area contributed by atoms with Gasteiger partial charge in [-0.2, -0.15) is 0 Å². The Morgan fingerprint density at radius 3 is 2.84 bits per heavy atom. The van der Waals surface area contributed by atoms with Crippen LogP contribution in [0.4, 0.5) is 5.69 Å². The van der Waals surface area contributed by atoms with Gasteiger partial charge >= 0.3 is 0 Å². The normalized spacial score (nSPS) is 10.5. The lowest BCUT2D eigenvalue weighted by atomic mass is 10.1. The molecule has 0 fully saturated rings. The highest BCUT2D eigenvalue weighted by Crippen LogP contribution is 2.22. The summed E-state index contributed by atoms with van der Waals surface area (Å²) >= 11 is 9.24. The number of amides is 1. The van der Waals surface area contributed by atoms with Crippen LogP contribution in [0.3, 0.4) is 0 Å². The molecule has 1 amide bonds. The molecule has 0 spiro atoms. The second-order valence-electron chi connectivity index (χ2n) is 5.26. The summed E-state index contributed by atoms with van der Waals surface area (Å²) < 4.78 is 0.650. The van der Waals surface area contributed by atoms with Gasteiger partial charge in [-0.15, -0.1) is 0 Å². The number of H-pyrrole nitrogens is 1.